The molecule has 1 aromatic heterocycles. The minimum atomic E-state index is -2.17. The molecule has 284 valence electrons. The highest BCUT2D eigenvalue weighted by atomic mass is 19.1. The molecule has 1 N–H and O–H groups in total. The van der Waals surface area contributed by atoms with Crippen molar-refractivity contribution in [2.24, 2.45) is 17.0 Å². The Bertz CT molecular complexity index is 1970. The quantitative estimate of drug-likeness (QED) is 0.0475. The lowest BCUT2D eigenvalue weighted by Gasteiger charge is -2.37. The van der Waals surface area contributed by atoms with Gasteiger partial charge in [0.1, 0.15) is 29.5 Å². The van der Waals surface area contributed by atoms with E-state index >= 15 is 4.39 Å². The number of alkyl halides is 1. The predicted molar refractivity (Wildman–Crippen MR) is 197 cm³/mol. The van der Waals surface area contributed by atoms with Crippen LogP contribution in [-0.4, -0.2) is 66.7 Å². The number of halogens is 1. The van der Waals surface area contributed by atoms with E-state index in [1.807, 2.05) is 78.9 Å². The zero-order chi connectivity index (χ0) is 39.0. The first-order valence-electron chi connectivity index (χ1n) is 17.3. The van der Waals surface area contributed by atoms with Crippen LogP contribution >= 0.6 is 0 Å². The van der Waals surface area contributed by atoms with Gasteiger partial charge in [0.2, 0.25) is 0 Å². The number of esters is 2. The summed E-state index contributed by atoms with van der Waals surface area (Å²) < 4.78 is 45.5. The van der Waals surface area contributed by atoms with Gasteiger partial charge in [-0.1, -0.05) is 87.4 Å². The number of anilines is 1. The van der Waals surface area contributed by atoms with Crippen molar-refractivity contribution in [1.82, 2.24) is 9.55 Å². The molecule has 15 heteroatoms. The van der Waals surface area contributed by atoms with Crippen molar-refractivity contribution < 1.29 is 37.7 Å². The molecule has 3 aromatic carbocycles. The van der Waals surface area contributed by atoms with Crippen molar-refractivity contribution >= 4 is 17.8 Å². The third-order valence-corrected chi connectivity index (χ3v) is 9.15. The summed E-state index contributed by atoms with van der Waals surface area (Å²) in [5.74, 6) is -1.22. The number of nitrogens with zero attached hydrogens (tertiary/aromatic N) is 5. The fraction of sp³-hybridized carbons (Fsp3) is 0.385. The Balaban J connectivity index is 1.60. The maximum Gasteiger partial charge on any atom is 0.351 e. The van der Waals surface area contributed by atoms with Crippen LogP contribution in [0.3, 0.4) is 0 Å². The van der Waals surface area contributed by atoms with Gasteiger partial charge < -0.3 is 29.0 Å². The van der Waals surface area contributed by atoms with Gasteiger partial charge in [-0.25, -0.2) is 9.18 Å². The van der Waals surface area contributed by atoms with Gasteiger partial charge in [-0.05, 0) is 52.6 Å². The molecule has 54 heavy (non-hydrogen) atoms. The van der Waals surface area contributed by atoms with E-state index in [0.29, 0.717) is 11.5 Å². The molecule has 0 saturated carbocycles. The number of azide groups is 1. The average molecular weight is 743 g/mol. The molecule has 2 heterocycles. The number of benzene rings is 3. The number of carbonyl (C=O) groups is 2. The van der Waals surface area contributed by atoms with Crippen LogP contribution in [0.2, 0.25) is 0 Å². The lowest BCUT2D eigenvalue weighted by molar-refractivity contribution is -0.179. The molecule has 4 aromatic rings. The number of hydrogen-bond donors (Lipinski definition) is 1. The largest absolute Gasteiger partial charge is 0.497 e. The molecule has 1 aliphatic rings. The number of methoxy groups -OCH3 is 2. The van der Waals surface area contributed by atoms with E-state index in [-0.39, 0.29) is 5.82 Å². The highest BCUT2D eigenvalue weighted by Gasteiger charge is 2.60. The van der Waals surface area contributed by atoms with E-state index < -0.39 is 72.3 Å². The Kier molecular flexibility index (Phi) is 12.2. The van der Waals surface area contributed by atoms with Crippen LogP contribution in [0.1, 0.15) is 50.6 Å². The smallest absolute Gasteiger partial charge is 0.351 e. The van der Waals surface area contributed by atoms with Crippen molar-refractivity contribution in [2.75, 3.05) is 32.7 Å². The van der Waals surface area contributed by atoms with E-state index in [1.54, 1.807) is 41.9 Å². The van der Waals surface area contributed by atoms with Gasteiger partial charge >= 0.3 is 17.6 Å². The number of rotatable bonds is 15. The van der Waals surface area contributed by atoms with Gasteiger partial charge in [-0.2, -0.15) is 4.98 Å². The van der Waals surface area contributed by atoms with Crippen LogP contribution in [-0.2, 0) is 29.3 Å². The number of nitrogens with one attached hydrogen (secondary N) is 1. The van der Waals surface area contributed by atoms with Crippen molar-refractivity contribution in [3.63, 3.8) is 0 Å². The lowest BCUT2D eigenvalue weighted by atomic mass is 9.77. The van der Waals surface area contributed by atoms with Crippen LogP contribution in [0.15, 0.2) is 101 Å². The maximum atomic E-state index is 16.6. The van der Waals surface area contributed by atoms with Crippen LogP contribution in [0.4, 0.5) is 10.2 Å². The molecule has 1 aliphatic heterocycles. The van der Waals surface area contributed by atoms with Gasteiger partial charge in [0.25, 0.3) is 0 Å². The van der Waals surface area contributed by atoms with Crippen molar-refractivity contribution in [2.45, 2.75) is 57.3 Å². The highest BCUT2D eigenvalue weighted by molar-refractivity contribution is 5.72. The second-order valence-corrected chi connectivity index (χ2v) is 13.4. The topological polar surface area (TPSA) is 176 Å². The predicted octanol–water partition coefficient (Wildman–Crippen LogP) is 6.35. The third-order valence-electron chi connectivity index (χ3n) is 9.15. The number of aromatic nitrogens is 2. The summed E-state index contributed by atoms with van der Waals surface area (Å²) in [5.41, 5.74) is 7.55. The van der Waals surface area contributed by atoms with Gasteiger partial charge in [-0.3, -0.25) is 14.2 Å². The summed E-state index contributed by atoms with van der Waals surface area (Å²) in [7, 11) is 3.15. The minimum absolute atomic E-state index is 0.133. The van der Waals surface area contributed by atoms with Crippen molar-refractivity contribution in [1.29, 1.82) is 0 Å². The summed E-state index contributed by atoms with van der Waals surface area (Å²) in [6.07, 6.45) is -4.29. The Labute approximate surface area is 311 Å². The summed E-state index contributed by atoms with van der Waals surface area (Å²) in [5, 5.41) is 7.07. The third kappa shape index (κ3) is 8.02. The molecule has 4 atom stereocenters. The van der Waals surface area contributed by atoms with Crippen LogP contribution < -0.4 is 20.5 Å². The Morgan fingerprint density at radius 3 is 1.98 bits per heavy atom. The fourth-order valence-electron chi connectivity index (χ4n) is 6.21. The van der Waals surface area contributed by atoms with E-state index in [9.17, 15) is 19.9 Å². The minimum Gasteiger partial charge on any atom is -0.497 e. The van der Waals surface area contributed by atoms with Gasteiger partial charge in [0.15, 0.2) is 24.1 Å². The molecule has 1 fully saturated rings. The van der Waals surface area contributed by atoms with Crippen molar-refractivity contribution in [3.8, 4) is 11.5 Å². The molecule has 0 radical (unpaired) electrons. The van der Waals surface area contributed by atoms with Gasteiger partial charge in [-0.15, -0.1) is 0 Å². The molecular weight excluding hydrogens is 699 g/mol. The Morgan fingerprint density at radius 1 is 0.926 bits per heavy atom. The monoisotopic (exact) mass is 742 g/mol. The summed E-state index contributed by atoms with van der Waals surface area (Å²) in [6, 6.07) is 26.0. The average Bonchev–Trinajstić information content (AvgIpc) is 3.45. The van der Waals surface area contributed by atoms with E-state index in [1.165, 1.54) is 12.3 Å². The fourth-order valence-corrected chi connectivity index (χ4v) is 6.21. The Hall–Kier alpha value is -5.92. The SMILES string of the molecule is COc1ccc(C(Nc2ccn([C@@H]3O[C@](CN=[N+]=[N-])(COC(=O)C(C)C)[C@@H](OC(=O)C(C)C)[C@H]3F)c(=O)n2)(c2ccccc2)c2ccc(OC)cc2)cc1. The normalized spacial score (nSPS) is 19.5. The first-order chi connectivity index (χ1) is 25.9. The van der Waals surface area contributed by atoms with Crippen molar-refractivity contribution in [3.05, 3.63) is 129 Å². The summed E-state index contributed by atoms with van der Waals surface area (Å²) in [6.45, 7) is 5.12. The second-order valence-electron chi connectivity index (χ2n) is 13.4. The molecule has 0 unspecified atom stereocenters. The van der Waals surface area contributed by atoms with E-state index in [4.69, 9.17) is 23.7 Å². The molecule has 0 spiro atoms. The zero-order valence-electron chi connectivity index (χ0n) is 30.8. The molecule has 5 rings (SSSR count). The van der Waals surface area contributed by atoms with E-state index in [0.717, 1.165) is 21.3 Å². The molecule has 0 bridgehead atoms. The van der Waals surface area contributed by atoms with Crippen LogP contribution in [0.5, 0.6) is 11.5 Å². The number of ether oxygens (including phenoxy) is 5. The number of carbonyl (C=O) groups excluding carboxylic acids is 2. The first-order valence-corrected chi connectivity index (χ1v) is 17.3. The number of hydrogen-bond acceptors (Lipinski definition) is 11. The molecular formula is C39H43FN6O8. The molecule has 0 aliphatic carbocycles. The molecule has 1 saturated heterocycles. The zero-order valence-corrected chi connectivity index (χ0v) is 30.8. The van der Waals surface area contributed by atoms with Gasteiger partial charge in [0, 0.05) is 11.1 Å². The maximum absolute atomic E-state index is 16.6. The highest BCUT2D eigenvalue weighted by Crippen LogP contribution is 2.43. The second kappa shape index (κ2) is 16.8. The first kappa shape index (κ1) is 39.3. The summed E-state index contributed by atoms with van der Waals surface area (Å²) >= 11 is 0. The Morgan fingerprint density at radius 2 is 1.48 bits per heavy atom. The van der Waals surface area contributed by atoms with Crippen LogP contribution in [0, 0.1) is 11.8 Å². The molecule has 0 amide bonds. The van der Waals surface area contributed by atoms with E-state index in [2.05, 4.69) is 20.3 Å². The standard InChI is InChI=1S/C39H43FN6O8/c1-24(2)35(47)52-23-38(22-42-45-41)33(53-36(48)25(3)4)32(40)34(54-38)46-21-20-31(43-37(46)49)44-39(26-10-8-7-9-11-26,27-12-16-29(50-5)17-13-27)28-14-18-30(51-6)19-15-28/h7-21,24-25,32-34H,22-23H2,1-6H3,(H,43,44,49)/t32-,33+,34-,38-/m1/s1. The summed E-state index contributed by atoms with van der Waals surface area (Å²) in [4.78, 5) is 46.3. The van der Waals surface area contributed by atoms with Crippen LogP contribution in [0.25, 0.3) is 10.4 Å². The van der Waals surface area contributed by atoms with Gasteiger partial charge in [0.05, 0.1) is 32.6 Å². The molecule has 14 nitrogen and oxygen atoms in total. The lowest BCUT2D eigenvalue weighted by Crippen LogP contribution is -2.52.